The van der Waals surface area contributed by atoms with Crippen LogP contribution in [0.5, 0.6) is 0 Å². The molecule has 1 unspecified atom stereocenters. The van der Waals surface area contributed by atoms with E-state index in [1.165, 1.54) is 29.2 Å². The summed E-state index contributed by atoms with van der Waals surface area (Å²) in [5, 5.41) is 9.20. The molecule has 1 aliphatic heterocycles. The molecule has 30 heavy (non-hydrogen) atoms. The Hall–Kier alpha value is -3.48. The minimum Gasteiger partial charge on any atom is -0.478 e. The predicted molar refractivity (Wildman–Crippen MR) is 107 cm³/mol. The van der Waals surface area contributed by atoms with Crippen molar-refractivity contribution < 1.29 is 28.6 Å². The number of nitrogens with zero attached hydrogens (tertiary/aromatic N) is 1. The molecular formula is C23H22FNO5. The number of amides is 1. The molecule has 1 heterocycles. The fraction of sp³-hybridized carbons (Fsp3) is 0.261. The van der Waals surface area contributed by atoms with Crippen LogP contribution in [0.3, 0.4) is 0 Å². The van der Waals surface area contributed by atoms with Crippen LogP contribution in [0.2, 0.25) is 0 Å². The van der Waals surface area contributed by atoms with Crippen molar-refractivity contribution in [1.29, 1.82) is 0 Å². The van der Waals surface area contributed by atoms with Crippen LogP contribution in [-0.2, 0) is 20.9 Å². The molecule has 0 bridgehead atoms. The Morgan fingerprint density at radius 1 is 1.20 bits per heavy atom. The van der Waals surface area contributed by atoms with Gasteiger partial charge in [-0.3, -0.25) is 4.79 Å². The molecule has 2 aromatic rings. The van der Waals surface area contributed by atoms with Gasteiger partial charge in [0.1, 0.15) is 5.82 Å². The summed E-state index contributed by atoms with van der Waals surface area (Å²) in [4.78, 5) is 38.4. The molecule has 0 aliphatic carbocycles. The highest BCUT2D eigenvalue weighted by Gasteiger charge is 2.36. The van der Waals surface area contributed by atoms with E-state index in [0.717, 1.165) is 0 Å². The normalized spacial score (nSPS) is 16.6. The van der Waals surface area contributed by atoms with Crippen molar-refractivity contribution in [3.05, 3.63) is 82.3 Å². The van der Waals surface area contributed by atoms with Crippen molar-refractivity contribution >= 4 is 17.8 Å². The number of benzene rings is 2. The third kappa shape index (κ3) is 4.40. The molecule has 0 saturated heterocycles. The van der Waals surface area contributed by atoms with E-state index in [-0.39, 0.29) is 31.0 Å². The van der Waals surface area contributed by atoms with Gasteiger partial charge in [0.25, 0.3) is 0 Å². The van der Waals surface area contributed by atoms with Crippen LogP contribution in [0.25, 0.3) is 0 Å². The number of carbonyl (C=O) groups excluding carboxylic acids is 2. The molecule has 0 radical (unpaired) electrons. The fourth-order valence-corrected chi connectivity index (χ4v) is 3.64. The van der Waals surface area contributed by atoms with Crippen molar-refractivity contribution in [2.45, 2.75) is 32.7 Å². The van der Waals surface area contributed by atoms with E-state index in [2.05, 4.69) is 0 Å². The number of hydrogen-bond acceptors (Lipinski definition) is 4. The first-order chi connectivity index (χ1) is 14.3. The van der Waals surface area contributed by atoms with E-state index < -0.39 is 23.7 Å². The number of halogens is 1. The summed E-state index contributed by atoms with van der Waals surface area (Å²) in [6, 6.07) is 12.0. The van der Waals surface area contributed by atoms with Gasteiger partial charge < -0.3 is 14.7 Å². The molecular weight excluding hydrogens is 389 g/mol. The molecule has 0 fully saturated rings. The van der Waals surface area contributed by atoms with Crippen LogP contribution < -0.4 is 0 Å². The largest absolute Gasteiger partial charge is 0.478 e. The number of esters is 1. The van der Waals surface area contributed by atoms with Crippen molar-refractivity contribution in [3.8, 4) is 0 Å². The summed E-state index contributed by atoms with van der Waals surface area (Å²) >= 11 is 0. The molecule has 7 heteroatoms. The Balaban J connectivity index is 2.01. The zero-order chi connectivity index (χ0) is 21.8. The lowest BCUT2D eigenvalue weighted by molar-refractivity contribution is -0.140. The van der Waals surface area contributed by atoms with Crippen LogP contribution in [0.4, 0.5) is 4.39 Å². The predicted octanol–water partition coefficient (Wildman–Crippen LogP) is 3.88. The van der Waals surface area contributed by atoms with Crippen molar-refractivity contribution in [3.63, 3.8) is 0 Å². The van der Waals surface area contributed by atoms with Gasteiger partial charge in [-0.1, -0.05) is 24.3 Å². The molecule has 0 saturated carbocycles. The molecule has 1 N–H and O–H groups in total. The molecule has 2 aromatic carbocycles. The van der Waals surface area contributed by atoms with Gasteiger partial charge in [0.05, 0.1) is 24.3 Å². The van der Waals surface area contributed by atoms with E-state index in [1.807, 2.05) is 0 Å². The second kappa shape index (κ2) is 8.90. The molecule has 6 nitrogen and oxygen atoms in total. The van der Waals surface area contributed by atoms with Gasteiger partial charge in [0.15, 0.2) is 0 Å². The zero-order valence-corrected chi connectivity index (χ0v) is 16.7. The smallest absolute Gasteiger partial charge is 0.336 e. The standard InChI is InChI=1S/C23H22FNO5/c1-3-30-23(29)21-14(2)25(13-15-5-4-6-17(11-15)22(27)28)20(26)12-19(21)16-7-9-18(24)10-8-16/h4-11,19H,3,12-13H2,1-2H3,(H,27,28). The first-order valence-electron chi connectivity index (χ1n) is 9.57. The number of hydrogen-bond donors (Lipinski definition) is 1. The number of ether oxygens (including phenoxy) is 1. The van der Waals surface area contributed by atoms with Crippen molar-refractivity contribution in [1.82, 2.24) is 4.90 Å². The van der Waals surface area contributed by atoms with E-state index in [4.69, 9.17) is 4.74 Å². The first-order valence-corrected chi connectivity index (χ1v) is 9.57. The SMILES string of the molecule is CCOC(=O)C1=C(C)N(Cc2cccc(C(=O)O)c2)C(=O)CC1c1ccc(F)cc1. The first kappa shape index (κ1) is 21.2. The van der Waals surface area contributed by atoms with Crippen molar-refractivity contribution in [2.24, 2.45) is 0 Å². The van der Waals surface area contributed by atoms with Crippen LogP contribution in [0.15, 0.2) is 59.8 Å². The Bertz CT molecular complexity index is 1010. The minimum absolute atomic E-state index is 0.0236. The summed E-state index contributed by atoms with van der Waals surface area (Å²) in [5.41, 5.74) is 2.19. The number of carboxylic acid groups (broad SMARTS) is 1. The lowest BCUT2D eigenvalue weighted by Gasteiger charge is -2.34. The summed E-state index contributed by atoms with van der Waals surface area (Å²) in [6.07, 6.45) is 0.0236. The van der Waals surface area contributed by atoms with Crippen LogP contribution in [0.1, 0.15) is 47.7 Å². The lowest BCUT2D eigenvalue weighted by Crippen LogP contribution is -2.38. The van der Waals surface area contributed by atoms with Gasteiger partial charge >= 0.3 is 11.9 Å². The fourth-order valence-electron chi connectivity index (χ4n) is 3.64. The molecule has 1 atom stereocenters. The molecule has 0 spiro atoms. The minimum atomic E-state index is -1.06. The van der Waals surface area contributed by atoms with Gasteiger partial charge in [0, 0.05) is 18.0 Å². The highest BCUT2D eigenvalue weighted by molar-refractivity contribution is 5.96. The number of carbonyl (C=O) groups is 3. The number of carboxylic acids is 1. The number of allylic oxidation sites excluding steroid dienone is 1. The summed E-state index contributed by atoms with van der Waals surface area (Å²) < 4.78 is 18.6. The van der Waals surface area contributed by atoms with E-state index in [9.17, 15) is 23.9 Å². The number of aromatic carboxylic acids is 1. The third-order valence-electron chi connectivity index (χ3n) is 5.11. The molecule has 3 rings (SSSR count). The maximum atomic E-state index is 13.4. The third-order valence-corrected chi connectivity index (χ3v) is 5.11. The Morgan fingerprint density at radius 2 is 1.90 bits per heavy atom. The van der Waals surface area contributed by atoms with E-state index in [1.54, 1.807) is 38.1 Å². The van der Waals surface area contributed by atoms with Crippen LogP contribution in [-0.4, -0.2) is 34.5 Å². The maximum absolute atomic E-state index is 13.4. The Labute approximate surface area is 173 Å². The van der Waals surface area contributed by atoms with Gasteiger partial charge in [-0.2, -0.15) is 0 Å². The van der Waals surface area contributed by atoms with Crippen LogP contribution in [0, 0.1) is 5.82 Å². The molecule has 156 valence electrons. The van der Waals surface area contributed by atoms with Crippen molar-refractivity contribution in [2.75, 3.05) is 6.61 Å². The molecule has 0 aromatic heterocycles. The summed E-state index contributed by atoms with van der Waals surface area (Å²) in [5.74, 6) is -2.74. The molecule has 1 amide bonds. The van der Waals surface area contributed by atoms with Gasteiger partial charge in [-0.05, 0) is 49.2 Å². The second-order valence-electron chi connectivity index (χ2n) is 7.01. The maximum Gasteiger partial charge on any atom is 0.336 e. The highest BCUT2D eigenvalue weighted by Crippen LogP contribution is 2.37. The topological polar surface area (TPSA) is 83.9 Å². The van der Waals surface area contributed by atoms with E-state index >= 15 is 0 Å². The van der Waals surface area contributed by atoms with Gasteiger partial charge in [-0.25, -0.2) is 14.0 Å². The van der Waals surface area contributed by atoms with Crippen LogP contribution >= 0.6 is 0 Å². The average Bonchev–Trinajstić information content (AvgIpc) is 2.71. The zero-order valence-electron chi connectivity index (χ0n) is 16.7. The van der Waals surface area contributed by atoms with Gasteiger partial charge in [-0.15, -0.1) is 0 Å². The Kier molecular flexibility index (Phi) is 6.30. The number of rotatable bonds is 6. The van der Waals surface area contributed by atoms with E-state index in [0.29, 0.717) is 22.4 Å². The lowest BCUT2D eigenvalue weighted by atomic mass is 9.83. The monoisotopic (exact) mass is 411 g/mol. The Morgan fingerprint density at radius 3 is 2.53 bits per heavy atom. The summed E-state index contributed by atoms with van der Waals surface area (Å²) in [6.45, 7) is 3.68. The second-order valence-corrected chi connectivity index (χ2v) is 7.01. The quantitative estimate of drug-likeness (QED) is 0.730. The summed E-state index contributed by atoms with van der Waals surface area (Å²) in [7, 11) is 0. The van der Waals surface area contributed by atoms with Gasteiger partial charge in [0.2, 0.25) is 5.91 Å². The molecule has 1 aliphatic rings. The average molecular weight is 411 g/mol. The highest BCUT2D eigenvalue weighted by atomic mass is 19.1.